The lowest BCUT2D eigenvalue weighted by atomic mass is 10.1. The molecule has 1 aliphatic heterocycles. The molecule has 3 aromatic rings. The van der Waals surface area contributed by atoms with Gasteiger partial charge in [0.1, 0.15) is 5.82 Å². The van der Waals surface area contributed by atoms with Crippen molar-refractivity contribution in [3.63, 3.8) is 0 Å². The van der Waals surface area contributed by atoms with Crippen LogP contribution >= 0.6 is 0 Å². The summed E-state index contributed by atoms with van der Waals surface area (Å²) in [7, 11) is 2.15. The Hall–Kier alpha value is -2.44. The Bertz CT molecular complexity index is 851. The predicted molar refractivity (Wildman–Crippen MR) is 94.1 cm³/mol. The molecular weight excluding hydrogens is 302 g/mol. The number of benzene rings is 1. The second kappa shape index (κ2) is 6.22. The standard InChI is InChI=1S/C18H21N5O/c1-21-7-9-22(10-8-21)18-12-16(20-17-5-6-19-23(17)18)15-4-2-3-14(11-15)13-24/h2-6,11-12,24H,7-10,13H2,1H3. The molecule has 1 aromatic carbocycles. The van der Waals surface area contributed by atoms with Crippen LogP contribution in [0.2, 0.25) is 0 Å². The summed E-state index contributed by atoms with van der Waals surface area (Å²) in [6, 6.07) is 11.9. The molecule has 3 heterocycles. The van der Waals surface area contributed by atoms with Crippen LogP contribution in [0.5, 0.6) is 0 Å². The first-order valence-corrected chi connectivity index (χ1v) is 8.23. The predicted octanol–water partition coefficient (Wildman–Crippen LogP) is 1.64. The fourth-order valence-electron chi connectivity index (χ4n) is 3.13. The van der Waals surface area contributed by atoms with Crippen LogP contribution in [0, 0.1) is 0 Å². The number of aliphatic hydroxyl groups excluding tert-OH is 1. The van der Waals surface area contributed by atoms with Crippen molar-refractivity contribution in [2.24, 2.45) is 0 Å². The van der Waals surface area contributed by atoms with E-state index in [2.05, 4.69) is 28.0 Å². The zero-order valence-electron chi connectivity index (χ0n) is 13.8. The first kappa shape index (κ1) is 15.1. The molecule has 0 bridgehead atoms. The first-order chi connectivity index (χ1) is 11.7. The fraction of sp³-hybridized carbons (Fsp3) is 0.333. The first-order valence-electron chi connectivity index (χ1n) is 8.23. The molecule has 0 radical (unpaired) electrons. The Labute approximate surface area is 141 Å². The Morgan fingerprint density at radius 3 is 2.71 bits per heavy atom. The SMILES string of the molecule is CN1CCN(c2cc(-c3cccc(CO)c3)nc3ccnn23)CC1. The van der Waals surface area contributed by atoms with Gasteiger partial charge in [-0.3, -0.25) is 0 Å². The van der Waals surface area contributed by atoms with Crippen LogP contribution in [0.1, 0.15) is 5.56 Å². The molecule has 0 spiro atoms. The summed E-state index contributed by atoms with van der Waals surface area (Å²) in [6.45, 7) is 4.08. The second-order valence-corrected chi connectivity index (χ2v) is 6.25. The summed E-state index contributed by atoms with van der Waals surface area (Å²) in [5.74, 6) is 1.07. The molecule has 0 aliphatic carbocycles. The van der Waals surface area contributed by atoms with E-state index in [-0.39, 0.29) is 6.61 Å². The minimum atomic E-state index is 0.0358. The van der Waals surface area contributed by atoms with E-state index in [4.69, 9.17) is 4.98 Å². The molecule has 24 heavy (non-hydrogen) atoms. The third-order valence-corrected chi connectivity index (χ3v) is 4.57. The van der Waals surface area contributed by atoms with E-state index < -0.39 is 0 Å². The summed E-state index contributed by atoms with van der Waals surface area (Å²) in [5, 5.41) is 13.8. The smallest absolute Gasteiger partial charge is 0.157 e. The van der Waals surface area contributed by atoms with E-state index in [9.17, 15) is 5.11 Å². The van der Waals surface area contributed by atoms with Gasteiger partial charge in [0.25, 0.3) is 0 Å². The normalized spacial score (nSPS) is 16.0. The van der Waals surface area contributed by atoms with Gasteiger partial charge in [0.05, 0.1) is 18.5 Å². The van der Waals surface area contributed by atoms with Gasteiger partial charge in [0, 0.05) is 43.9 Å². The zero-order chi connectivity index (χ0) is 16.5. The van der Waals surface area contributed by atoms with Gasteiger partial charge < -0.3 is 14.9 Å². The highest BCUT2D eigenvalue weighted by atomic mass is 16.3. The quantitative estimate of drug-likeness (QED) is 0.794. The van der Waals surface area contributed by atoms with Gasteiger partial charge in [0.2, 0.25) is 0 Å². The van der Waals surface area contributed by atoms with Crippen molar-refractivity contribution < 1.29 is 5.11 Å². The molecule has 4 rings (SSSR count). The highest BCUT2D eigenvalue weighted by molar-refractivity contribution is 5.67. The number of anilines is 1. The number of fused-ring (bicyclic) bond motifs is 1. The van der Waals surface area contributed by atoms with Gasteiger partial charge in [-0.2, -0.15) is 9.61 Å². The highest BCUT2D eigenvalue weighted by Crippen LogP contribution is 2.25. The highest BCUT2D eigenvalue weighted by Gasteiger charge is 2.18. The lowest BCUT2D eigenvalue weighted by Crippen LogP contribution is -2.45. The molecule has 1 aliphatic rings. The molecule has 124 valence electrons. The number of likely N-dealkylation sites (N-methyl/N-ethyl adjacent to an activating group) is 1. The van der Waals surface area contributed by atoms with Gasteiger partial charge in [-0.05, 0) is 18.7 Å². The Kier molecular flexibility index (Phi) is 3.92. The van der Waals surface area contributed by atoms with Crippen LogP contribution in [0.3, 0.4) is 0 Å². The molecule has 0 saturated carbocycles. The van der Waals surface area contributed by atoms with Gasteiger partial charge in [0.15, 0.2) is 5.65 Å². The van der Waals surface area contributed by atoms with Crippen LogP contribution in [0.25, 0.3) is 16.9 Å². The number of piperazine rings is 1. The molecule has 1 fully saturated rings. The average Bonchev–Trinajstić information content (AvgIpc) is 3.10. The van der Waals surface area contributed by atoms with Gasteiger partial charge in [-0.25, -0.2) is 4.98 Å². The van der Waals surface area contributed by atoms with Crippen LogP contribution < -0.4 is 4.90 Å². The summed E-state index contributed by atoms with van der Waals surface area (Å²) >= 11 is 0. The summed E-state index contributed by atoms with van der Waals surface area (Å²) in [4.78, 5) is 9.43. The van der Waals surface area contributed by atoms with Crippen molar-refractivity contribution in [2.75, 3.05) is 38.1 Å². The molecule has 0 amide bonds. The number of aromatic nitrogens is 3. The number of hydrogen-bond acceptors (Lipinski definition) is 5. The largest absolute Gasteiger partial charge is 0.392 e. The second-order valence-electron chi connectivity index (χ2n) is 6.25. The number of nitrogens with zero attached hydrogens (tertiary/aromatic N) is 5. The van der Waals surface area contributed by atoms with Crippen molar-refractivity contribution in [1.82, 2.24) is 19.5 Å². The minimum Gasteiger partial charge on any atom is -0.392 e. The molecule has 0 atom stereocenters. The van der Waals surface area contributed by atoms with Crippen molar-refractivity contribution in [3.8, 4) is 11.3 Å². The summed E-state index contributed by atoms with van der Waals surface area (Å²) < 4.78 is 1.91. The molecule has 1 saturated heterocycles. The monoisotopic (exact) mass is 323 g/mol. The van der Waals surface area contributed by atoms with E-state index >= 15 is 0 Å². The fourth-order valence-corrected chi connectivity index (χ4v) is 3.13. The van der Waals surface area contributed by atoms with Gasteiger partial charge in [-0.15, -0.1) is 0 Å². The van der Waals surface area contributed by atoms with Crippen LogP contribution in [-0.4, -0.2) is 57.8 Å². The van der Waals surface area contributed by atoms with Crippen molar-refractivity contribution in [1.29, 1.82) is 0 Å². The van der Waals surface area contributed by atoms with Gasteiger partial charge >= 0.3 is 0 Å². The molecule has 0 unspecified atom stereocenters. The van der Waals surface area contributed by atoms with Crippen LogP contribution in [0.15, 0.2) is 42.6 Å². The zero-order valence-corrected chi connectivity index (χ0v) is 13.8. The summed E-state index contributed by atoms with van der Waals surface area (Å²) in [5.41, 5.74) is 3.66. The third kappa shape index (κ3) is 2.74. The van der Waals surface area contributed by atoms with E-state index in [0.29, 0.717) is 0 Å². The topological polar surface area (TPSA) is 56.9 Å². The van der Waals surface area contributed by atoms with Crippen molar-refractivity contribution in [2.45, 2.75) is 6.61 Å². The van der Waals surface area contributed by atoms with Crippen molar-refractivity contribution in [3.05, 3.63) is 48.2 Å². The Morgan fingerprint density at radius 1 is 1.08 bits per heavy atom. The van der Waals surface area contributed by atoms with Crippen LogP contribution in [0.4, 0.5) is 5.82 Å². The molecule has 2 aromatic heterocycles. The molecule has 6 heteroatoms. The van der Waals surface area contributed by atoms with Gasteiger partial charge in [-0.1, -0.05) is 18.2 Å². The Balaban J connectivity index is 1.80. The maximum absolute atomic E-state index is 9.38. The Morgan fingerprint density at radius 2 is 1.92 bits per heavy atom. The number of rotatable bonds is 3. The lowest BCUT2D eigenvalue weighted by Gasteiger charge is -2.34. The van der Waals surface area contributed by atoms with E-state index in [0.717, 1.165) is 54.5 Å². The minimum absolute atomic E-state index is 0.0358. The maximum Gasteiger partial charge on any atom is 0.157 e. The number of aliphatic hydroxyl groups is 1. The van der Waals surface area contributed by atoms with E-state index in [1.54, 1.807) is 6.20 Å². The van der Waals surface area contributed by atoms with E-state index in [1.807, 2.05) is 34.8 Å². The number of hydrogen-bond donors (Lipinski definition) is 1. The third-order valence-electron chi connectivity index (χ3n) is 4.57. The van der Waals surface area contributed by atoms with E-state index in [1.165, 1.54) is 0 Å². The van der Waals surface area contributed by atoms with Crippen molar-refractivity contribution >= 4 is 11.5 Å². The summed E-state index contributed by atoms with van der Waals surface area (Å²) in [6.07, 6.45) is 1.79. The molecular formula is C18H21N5O. The average molecular weight is 323 g/mol. The molecule has 1 N–H and O–H groups in total. The maximum atomic E-state index is 9.38. The van der Waals surface area contributed by atoms with Crippen LogP contribution in [-0.2, 0) is 6.61 Å². The lowest BCUT2D eigenvalue weighted by molar-refractivity contribution is 0.282. The molecule has 6 nitrogen and oxygen atoms in total.